The lowest BCUT2D eigenvalue weighted by molar-refractivity contribution is 0.175. The van der Waals surface area contributed by atoms with Crippen molar-refractivity contribution in [3.63, 3.8) is 0 Å². The maximum atomic E-state index is 9.29. The van der Waals surface area contributed by atoms with E-state index in [2.05, 4.69) is 16.3 Å². The molecule has 1 aromatic carbocycles. The summed E-state index contributed by atoms with van der Waals surface area (Å²) in [4.78, 5) is 2.33. The molecule has 0 saturated carbocycles. The van der Waals surface area contributed by atoms with E-state index in [9.17, 15) is 5.11 Å². The number of nitrogens with zero attached hydrogens (tertiary/aromatic N) is 2. The summed E-state index contributed by atoms with van der Waals surface area (Å²) in [5.74, 6) is 0.268. The number of nitriles is 1. The molecule has 1 aliphatic heterocycles. The zero-order valence-corrected chi connectivity index (χ0v) is 12.2. The van der Waals surface area contributed by atoms with Crippen LogP contribution in [0.2, 0.25) is 0 Å². The van der Waals surface area contributed by atoms with Crippen LogP contribution in [0.3, 0.4) is 0 Å². The highest BCUT2D eigenvalue weighted by Crippen LogP contribution is 2.25. The van der Waals surface area contributed by atoms with Crippen LogP contribution in [0.5, 0.6) is 5.75 Å². The molecular weight excluding hydrogens is 285 g/mol. The van der Waals surface area contributed by atoms with Crippen LogP contribution in [0.15, 0.2) is 24.3 Å². The minimum absolute atomic E-state index is 0. The first-order valence-corrected chi connectivity index (χ1v) is 5.92. The number of rotatable bonds is 3. The van der Waals surface area contributed by atoms with Gasteiger partial charge >= 0.3 is 0 Å². The first-order chi connectivity index (χ1) is 8.31. The van der Waals surface area contributed by atoms with Gasteiger partial charge < -0.3 is 10.4 Å². The molecule has 2 N–H and O–H groups in total. The Labute approximate surface area is 126 Å². The van der Waals surface area contributed by atoms with Crippen LogP contribution in [-0.2, 0) is 0 Å². The van der Waals surface area contributed by atoms with Crippen LogP contribution in [0, 0.1) is 11.3 Å². The number of aromatic hydroxyl groups is 1. The SMILES string of the molecule is Cl.Cl.N#CC[C@@H](c1ccc(O)cc1)N1CCNCC1. The highest BCUT2D eigenvalue weighted by Gasteiger charge is 2.21. The summed E-state index contributed by atoms with van der Waals surface area (Å²) in [6, 6.07) is 9.56. The second-order valence-corrected chi connectivity index (χ2v) is 4.26. The van der Waals surface area contributed by atoms with Crippen LogP contribution in [0.25, 0.3) is 0 Å². The predicted octanol–water partition coefficient (Wildman–Crippen LogP) is 2.10. The maximum absolute atomic E-state index is 9.29. The molecule has 1 aromatic rings. The van der Waals surface area contributed by atoms with Crippen molar-refractivity contribution in [3.05, 3.63) is 29.8 Å². The Hall–Kier alpha value is -0.990. The summed E-state index contributed by atoms with van der Waals surface area (Å²) >= 11 is 0. The highest BCUT2D eigenvalue weighted by atomic mass is 35.5. The van der Waals surface area contributed by atoms with E-state index in [0.29, 0.717) is 6.42 Å². The van der Waals surface area contributed by atoms with Crippen molar-refractivity contribution in [2.24, 2.45) is 0 Å². The van der Waals surface area contributed by atoms with Gasteiger partial charge in [-0.25, -0.2) is 0 Å². The van der Waals surface area contributed by atoms with E-state index in [4.69, 9.17) is 5.26 Å². The van der Waals surface area contributed by atoms with Gasteiger partial charge in [0.2, 0.25) is 0 Å². The first kappa shape index (κ1) is 18.0. The molecule has 1 fully saturated rings. The van der Waals surface area contributed by atoms with Gasteiger partial charge in [-0.1, -0.05) is 12.1 Å². The van der Waals surface area contributed by atoms with Crippen LogP contribution in [0.1, 0.15) is 18.0 Å². The fourth-order valence-electron chi connectivity index (χ4n) is 2.23. The Kier molecular flexibility index (Phi) is 8.53. The van der Waals surface area contributed by atoms with Gasteiger partial charge in [0.1, 0.15) is 5.75 Å². The lowest BCUT2D eigenvalue weighted by Gasteiger charge is -2.34. The average Bonchev–Trinajstić information content (AvgIpc) is 2.38. The molecule has 0 aliphatic carbocycles. The van der Waals surface area contributed by atoms with Crippen LogP contribution in [-0.4, -0.2) is 36.2 Å². The molecule has 1 atom stereocenters. The average molecular weight is 304 g/mol. The number of piperazine rings is 1. The Bertz CT molecular complexity index is 399. The quantitative estimate of drug-likeness (QED) is 0.898. The van der Waals surface area contributed by atoms with Gasteiger partial charge in [0.15, 0.2) is 0 Å². The number of hydrogen-bond acceptors (Lipinski definition) is 4. The van der Waals surface area contributed by atoms with Crippen molar-refractivity contribution < 1.29 is 5.11 Å². The molecule has 1 heterocycles. The summed E-state index contributed by atoms with van der Waals surface area (Å²) in [6.45, 7) is 3.88. The third-order valence-corrected chi connectivity index (χ3v) is 3.15. The van der Waals surface area contributed by atoms with Gasteiger partial charge in [-0.05, 0) is 17.7 Å². The molecule has 0 spiro atoms. The van der Waals surface area contributed by atoms with Crippen molar-refractivity contribution in [2.75, 3.05) is 26.2 Å². The molecule has 1 aliphatic rings. The predicted molar refractivity (Wildman–Crippen MR) is 80.0 cm³/mol. The van der Waals surface area contributed by atoms with Gasteiger partial charge in [0, 0.05) is 32.2 Å². The molecule has 19 heavy (non-hydrogen) atoms. The van der Waals surface area contributed by atoms with Gasteiger partial charge in [0.25, 0.3) is 0 Å². The zero-order chi connectivity index (χ0) is 12.1. The van der Waals surface area contributed by atoms with E-state index in [1.165, 1.54) is 0 Å². The van der Waals surface area contributed by atoms with Crippen LogP contribution < -0.4 is 5.32 Å². The summed E-state index contributed by atoms with van der Waals surface area (Å²) in [5, 5.41) is 21.5. The Morgan fingerprint density at radius 3 is 2.32 bits per heavy atom. The smallest absolute Gasteiger partial charge is 0.115 e. The molecule has 6 heteroatoms. The van der Waals surface area contributed by atoms with Crippen molar-refractivity contribution in [2.45, 2.75) is 12.5 Å². The summed E-state index contributed by atoms with van der Waals surface area (Å²) in [6.07, 6.45) is 0.491. The number of nitrogens with one attached hydrogen (secondary N) is 1. The number of hydrogen-bond donors (Lipinski definition) is 2. The lowest BCUT2D eigenvalue weighted by Crippen LogP contribution is -2.45. The highest BCUT2D eigenvalue weighted by molar-refractivity contribution is 5.85. The van der Waals surface area contributed by atoms with Crippen LogP contribution in [0.4, 0.5) is 0 Å². The third-order valence-electron chi connectivity index (χ3n) is 3.15. The Morgan fingerprint density at radius 1 is 1.21 bits per heavy atom. The van der Waals surface area contributed by atoms with E-state index in [1.807, 2.05) is 12.1 Å². The molecule has 4 nitrogen and oxygen atoms in total. The summed E-state index contributed by atoms with van der Waals surface area (Å²) in [7, 11) is 0. The molecule has 0 radical (unpaired) electrons. The Morgan fingerprint density at radius 2 is 1.79 bits per heavy atom. The number of benzene rings is 1. The molecule has 0 unspecified atom stereocenters. The monoisotopic (exact) mass is 303 g/mol. The molecule has 1 saturated heterocycles. The van der Waals surface area contributed by atoms with E-state index in [1.54, 1.807) is 12.1 Å². The van der Waals surface area contributed by atoms with E-state index in [-0.39, 0.29) is 36.6 Å². The van der Waals surface area contributed by atoms with E-state index < -0.39 is 0 Å². The van der Waals surface area contributed by atoms with Crippen molar-refractivity contribution in [1.29, 1.82) is 5.26 Å². The van der Waals surface area contributed by atoms with E-state index >= 15 is 0 Å². The minimum atomic E-state index is 0. The molecular formula is C13H19Cl2N3O. The lowest BCUT2D eigenvalue weighted by atomic mass is 10.0. The standard InChI is InChI=1S/C13H17N3O.2ClH/c14-6-5-13(16-9-7-15-8-10-16)11-1-3-12(17)4-2-11;;/h1-4,13,15,17H,5,7-10H2;2*1H/t13-;;/m0../s1. The second-order valence-electron chi connectivity index (χ2n) is 4.26. The van der Waals surface area contributed by atoms with Crippen molar-refractivity contribution in [3.8, 4) is 11.8 Å². The summed E-state index contributed by atoms with van der Waals surface area (Å²) in [5.41, 5.74) is 1.10. The Balaban J connectivity index is 0.00000162. The number of halogens is 2. The number of phenolic OH excluding ortho intramolecular Hbond substituents is 1. The van der Waals surface area contributed by atoms with Crippen molar-refractivity contribution in [1.82, 2.24) is 10.2 Å². The third kappa shape index (κ3) is 4.88. The molecule has 0 amide bonds. The van der Waals surface area contributed by atoms with Gasteiger partial charge in [-0.15, -0.1) is 24.8 Å². The molecule has 106 valence electrons. The number of phenols is 1. The molecule has 0 aromatic heterocycles. The van der Waals surface area contributed by atoms with Gasteiger partial charge in [-0.3, -0.25) is 4.90 Å². The topological polar surface area (TPSA) is 59.3 Å². The van der Waals surface area contributed by atoms with Crippen LogP contribution >= 0.6 is 24.8 Å². The maximum Gasteiger partial charge on any atom is 0.115 e. The molecule has 0 bridgehead atoms. The summed E-state index contributed by atoms with van der Waals surface area (Å²) < 4.78 is 0. The fraction of sp³-hybridized carbons (Fsp3) is 0.462. The van der Waals surface area contributed by atoms with Gasteiger partial charge in [-0.2, -0.15) is 5.26 Å². The molecule has 2 rings (SSSR count). The normalized spacial score (nSPS) is 16.6. The van der Waals surface area contributed by atoms with Gasteiger partial charge in [0.05, 0.1) is 12.5 Å². The minimum Gasteiger partial charge on any atom is -0.508 e. The largest absolute Gasteiger partial charge is 0.508 e. The fourth-order valence-corrected chi connectivity index (χ4v) is 2.23. The van der Waals surface area contributed by atoms with Crippen molar-refractivity contribution >= 4 is 24.8 Å². The van der Waals surface area contributed by atoms with E-state index in [0.717, 1.165) is 31.7 Å². The zero-order valence-electron chi connectivity index (χ0n) is 10.6. The first-order valence-electron chi connectivity index (χ1n) is 5.92. The second kappa shape index (κ2) is 9.00.